The van der Waals surface area contributed by atoms with Gasteiger partial charge in [-0.3, -0.25) is 9.59 Å². The van der Waals surface area contributed by atoms with Crippen LogP contribution >= 0.6 is 27.7 Å². The average molecular weight is 463 g/mol. The number of benzene rings is 2. The highest BCUT2D eigenvalue weighted by Crippen LogP contribution is 2.20. The Balaban J connectivity index is 2.14. The predicted octanol–water partition coefficient (Wildman–Crippen LogP) is 4.87. The van der Waals surface area contributed by atoms with Crippen LogP contribution in [0.4, 0.5) is 0 Å². The molecule has 0 aliphatic rings. The second-order valence-electron chi connectivity index (χ2n) is 6.75. The molecule has 2 aromatic rings. The van der Waals surface area contributed by atoms with Crippen LogP contribution in [-0.2, 0) is 16.1 Å². The first-order chi connectivity index (χ1) is 13.4. The standard InChI is InChI=1S/C22H27BrN2O2S/c1-4-16(2)24-22(27)17(3)25(14-18-9-8-10-19(23)13-18)21(26)15-28-20-11-6-5-7-12-20/h5-13,16-17H,4,14-15H2,1-3H3,(H,24,27)/t16-,17+/m1/s1. The smallest absolute Gasteiger partial charge is 0.242 e. The molecule has 0 spiro atoms. The van der Waals surface area contributed by atoms with Crippen molar-refractivity contribution in [1.29, 1.82) is 0 Å². The van der Waals surface area contributed by atoms with Crippen LogP contribution in [0.3, 0.4) is 0 Å². The van der Waals surface area contributed by atoms with E-state index in [1.807, 2.05) is 68.4 Å². The second-order valence-corrected chi connectivity index (χ2v) is 8.71. The zero-order valence-corrected chi connectivity index (χ0v) is 18.9. The van der Waals surface area contributed by atoms with Crippen LogP contribution in [0.5, 0.6) is 0 Å². The number of thioether (sulfide) groups is 1. The van der Waals surface area contributed by atoms with Crippen molar-refractivity contribution in [3.05, 3.63) is 64.6 Å². The van der Waals surface area contributed by atoms with Crippen molar-refractivity contribution < 1.29 is 9.59 Å². The maximum absolute atomic E-state index is 13.0. The number of amides is 2. The number of rotatable bonds is 9. The molecule has 0 saturated carbocycles. The first kappa shape index (κ1) is 22.5. The van der Waals surface area contributed by atoms with Crippen molar-refractivity contribution in [2.45, 2.75) is 50.7 Å². The summed E-state index contributed by atoms with van der Waals surface area (Å²) in [6, 6.07) is 17.2. The normalized spacial score (nSPS) is 12.9. The minimum absolute atomic E-state index is 0.0550. The first-order valence-corrected chi connectivity index (χ1v) is 11.2. The van der Waals surface area contributed by atoms with E-state index in [1.54, 1.807) is 11.8 Å². The van der Waals surface area contributed by atoms with Crippen LogP contribution in [0.2, 0.25) is 0 Å². The molecule has 0 bridgehead atoms. The lowest BCUT2D eigenvalue weighted by Crippen LogP contribution is -2.50. The van der Waals surface area contributed by atoms with Gasteiger partial charge in [0.15, 0.2) is 0 Å². The number of halogens is 1. The molecule has 2 amide bonds. The Labute approximate surface area is 180 Å². The van der Waals surface area contributed by atoms with E-state index >= 15 is 0 Å². The minimum Gasteiger partial charge on any atom is -0.352 e. The quantitative estimate of drug-likeness (QED) is 0.540. The van der Waals surface area contributed by atoms with Crippen LogP contribution < -0.4 is 5.32 Å². The Kier molecular flexibility index (Phi) is 9.06. The number of carbonyl (C=O) groups excluding carboxylic acids is 2. The van der Waals surface area contributed by atoms with Gasteiger partial charge >= 0.3 is 0 Å². The maximum atomic E-state index is 13.0. The number of nitrogens with zero attached hydrogens (tertiary/aromatic N) is 1. The molecule has 0 aromatic heterocycles. The van der Waals surface area contributed by atoms with Gasteiger partial charge in [0, 0.05) is 22.0 Å². The van der Waals surface area contributed by atoms with Gasteiger partial charge in [0.05, 0.1) is 5.75 Å². The molecule has 0 aliphatic heterocycles. The van der Waals surface area contributed by atoms with E-state index in [4.69, 9.17) is 0 Å². The van der Waals surface area contributed by atoms with Gasteiger partial charge in [0.25, 0.3) is 0 Å². The molecule has 0 heterocycles. The third-order valence-corrected chi connectivity index (χ3v) is 6.01. The van der Waals surface area contributed by atoms with Crippen molar-refractivity contribution in [2.24, 2.45) is 0 Å². The van der Waals surface area contributed by atoms with Crippen molar-refractivity contribution in [3.63, 3.8) is 0 Å². The minimum atomic E-state index is -0.545. The van der Waals surface area contributed by atoms with E-state index in [-0.39, 0.29) is 17.9 Å². The van der Waals surface area contributed by atoms with E-state index in [2.05, 4.69) is 21.2 Å². The molecular formula is C22H27BrN2O2S. The summed E-state index contributed by atoms with van der Waals surface area (Å²) in [6.45, 7) is 6.18. The van der Waals surface area contributed by atoms with Crippen LogP contribution in [0.1, 0.15) is 32.8 Å². The van der Waals surface area contributed by atoms with Crippen molar-refractivity contribution in [3.8, 4) is 0 Å². The van der Waals surface area contributed by atoms with Gasteiger partial charge in [-0.2, -0.15) is 0 Å². The highest BCUT2D eigenvalue weighted by atomic mass is 79.9. The zero-order chi connectivity index (χ0) is 20.5. The largest absolute Gasteiger partial charge is 0.352 e. The van der Waals surface area contributed by atoms with Gasteiger partial charge < -0.3 is 10.2 Å². The summed E-state index contributed by atoms with van der Waals surface area (Å²) in [5, 5.41) is 2.99. The molecule has 2 aromatic carbocycles. The number of carbonyl (C=O) groups is 2. The third-order valence-electron chi connectivity index (χ3n) is 4.52. The van der Waals surface area contributed by atoms with E-state index in [9.17, 15) is 9.59 Å². The van der Waals surface area contributed by atoms with Gasteiger partial charge in [-0.25, -0.2) is 0 Å². The van der Waals surface area contributed by atoms with Gasteiger partial charge in [-0.15, -0.1) is 11.8 Å². The summed E-state index contributed by atoms with van der Waals surface area (Å²) in [4.78, 5) is 28.4. The molecule has 0 fully saturated rings. The summed E-state index contributed by atoms with van der Waals surface area (Å²) >= 11 is 4.96. The molecule has 0 aliphatic carbocycles. The second kappa shape index (κ2) is 11.3. The third kappa shape index (κ3) is 6.99. The summed E-state index contributed by atoms with van der Waals surface area (Å²) in [6.07, 6.45) is 0.849. The van der Waals surface area contributed by atoms with Crippen molar-refractivity contribution >= 4 is 39.5 Å². The molecule has 0 saturated heterocycles. The topological polar surface area (TPSA) is 49.4 Å². The van der Waals surface area contributed by atoms with E-state index < -0.39 is 6.04 Å². The molecule has 0 radical (unpaired) electrons. The summed E-state index contributed by atoms with van der Waals surface area (Å²) in [7, 11) is 0. The highest BCUT2D eigenvalue weighted by Gasteiger charge is 2.26. The molecule has 2 atom stereocenters. The maximum Gasteiger partial charge on any atom is 0.242 e. The number of hydrogen-bond acceptors (Lipinski definition) is 3. The average Bonchev–Trinajstić information content (AvgIpc) is 2.70. The highest BCUT2D eigenvalue weighted by molar-refractivity contribution is 9.10. The van der Waals surface area contributed by atoms with E-state index in [0.29, 0.717) is 12.3 Å². The Bertz CT molecular complexity index is 785. The van der Waals surface area contributed by atoms with Gasteiger partial charge in [0.1, 0.15) is 6.04 Å². The van der Waals surface area contributed by atoms with Crippen LogP contribution in [-0.4, -0.2) is 34.6 Å². The van der Waals surface area contributed by atoms with Crippen LogP contribution in [0.15, 0.2) is 64.0 Å². The molecule has 2 rings (SSSR count). The fourth-order valence-electron chi connectivity index (χ4n) is 2.62. The fourth-order valence-corrected chi connectivity index (χ4v) is 3.88. The summed E-state index contributed by atoms with van der Waals surface area (Å²) < 4.78 is 0.952. The van der Waals surface area contributed by atoms with Gasteiger partial charge in [0.2, 0.25) is 11.8 Å². The van der Waals surface area contributed by atoms with E-state index in [0.717, 1.165) is 21.4 Å². The summed E-state index contributed by atoms with van der Waals surface area (Å²) in [5.41, 5.74) is 0.982. The molecule has 1 N–H and O–H groups in total. The molecule has 0 unspecified atom stereocenters. The lowest BCUT2D eigenvalue weighted by molar-refractivity contribution is -0.138. The van der Waals surface area contributed by atoms with Crippen LogP contribution in [0.25, 0.3) is 0 Å². The van der Waals surface area contributed by atoms with Crippen molar-refractivity contribution in [1.82, 2.24) is 10.2 Å². The fraction of sp³-hybridized carbons (Fsp3) is 0.364. The lowest BCUT2D eigenvalue weighted by atomic mass is 10.1. The van der Waals surface area contributed by atoms with E-state index in [1.165, 1.54) is 11.8 Å². The molecular weight excluding hydrogens is 436 g/mol. The Morgan fingerprint density at radius 2 is 1.82 bits per heavy atom. The molecule has 6 heteroatoms. The Morgan fingerprint density at radius 1 is 1.11 bits per heavy atom. The van der Waals surface area contributed by atoms with Gasteiger partial charge in [-0.05, 0) is 50.1 Å². The first-order valence-electron chi connectivity index (χ1n) is 9.42. The number of hydrogen-bond donors (Lipinski definition) is 1. The predicted molar refractivity (Wildman–Crippen MR) is 119 cm³/mol. The van der Waals surface area contributed by atoms with Gasteiger partial charge in [-0.1, -0.05) is 53.2 Å². The molecule has 4 nitrogen and oxygen atoms in total. The van der Waals surface area contributed by atoms with Crippen molar-refractivity contribution in [2.75, 3.05) is 5.75 Å². The van der Waals surface area contributed by atoms with Crippen LogP contribution in [0, 0.1) is 0 Å². The molecule has 28 heavy (non-hydrogen) atoms. The summed E-state index contributed by atoms with van der Waals surface area (Å²) in [5.74, 6) is 0.113. The SMILES string of the molecule is CC[C@@H](C)NC(=O)[C@H](C)N(Cc1cccc(Br)c1)C(=O)CSc1ccccc1. The number of nitrogens with one attached hydrogen (secondary N) is 1. The monoisotopic (exact) mass is 462 g/mol. The zero-order valence-electron chi connectivity index (χ0n) is 16.5. The Morgan fingerprint density at radius 3 is 2.46 bits per heavy atom. The lowest BCUT2D eigenvalue weighted by Gasteiger charge is -2.29. The molecule has 150 valence electrons. The Hall–Kier alpha value is -1.79.